The standard InChI is InChI=1S/C13H22O2S/c1-4-6-13(15-3)12(14)9-11-8-7-10(5-2)16-11/h7-8,12-14H,4-6,9H2,1-3H3. The highest BCUT2D eigenvalue weighted by molar-refractivity contribution is 7.11. The number of methoxy groups -OCH3 is 1. The molecule has 0 fully saturated rings. The Kier molecular flexibility index (Phi) is 6.03. The number of aliphatic hydroxyl groups excluding tert-OH is 1. The largest absolute Gasteiger partial charge is 0.390 e. The quantitative estimate of drug-likeness (QED) is 0.796. The van der Waals surface area contributed by atoms with Gasteiger partial charge < -0.3 is 9.84 Å². The van der Waals surface area contributed by atoms with E-state index in [1.165, 1.54) is 9.75 Å². The van der Waals surface area contributed by atoms with Crippen LogP contribution in [0.3, 0.4) is 0 Å². The molecule has 2 atom stereocenters. The van der Waals surface area contributed by atoms with Crippen molar-refractivity contribution in [3.05, 3.63) is 21.9 Å². The van der Waals surface area contributed by atoms with Gasteiger partial charge in [0.05, 0.1) is 12.2 Å². The first kappa shape index (κ1) is 13.7. The van der Waals surface area contributed by atoms with Crippen molar-refractivity contribution in [2.24, 2.45) is 0 Å². The van der Waals surface area contributed by atoms with Crippen LogP contribution in [0.1, 0.15) is 36.4 Å². The fourth-order valence-electron chi connectivity index (χ4n) is 1.81. The minimum Gasteiger partial charge on any atom is -0.390 e. The smallest absolute Gasteiger partial charge is 0.0849 e. The number of ether oxygens (including phenoxy) is 1. The molecule has 0 saturated carbocycles. The molecular weight excluding hydrogens is 220 g/mol. The van der Waals surface area contributed by atoms with Crippen LogP contribution in [-0.2, 0) is 17.6 Å². The van der Waals surface area contributed by atoms with Gasteiger partial charge in [0.1, 0.15) is 0 Å². The topological polar surface area (TPSA) is 29.5 Å². The van der Waals surface area contributed by atoms with E-state index >= 15 is 0 Å². The van der Waals surface area contributed by atoms with Crippen molar-refractivity contribution >= 4 is 11.3 Å². The molecule has 0 aromatic carbocycles. The highest BCUT2D eigenvalue weighted by Gasteiger charge is 2.18. The summed E-state index contributed by atoms with van der Waals surface area (Å²) in [6.07, 6.45) is 3.33. The molecule has 2 nitrogen and oxygen atoms in total. The van der Waals surface area contributed by atoms with Gasteiger partial charge >= 0.3 is 0 Å². The molecule has 1 aromatic rings. The van der Waals surface area contributed by atoms with E-state index in [1.807, 2.05) is 0 Å². The molecule has 0 aliphatic heterocycles. The molecule has 1 N–H and O–H groups in total. The fraction of sp³-hybridized carbons (Fsp3) is 0.692. The summed E-state index contributed by atoms with van der Waals surface area (Å²) in [6, 6.07) is 4.26. The average molecular weight is 242 g/mol. The van der Waals surface area contributed by atoms with Crippen molar-refractivity contribution in [1.82, 2.24) is 0 Å². The van der Waals surface area contributed by atoms with Crippen LogP contribution in [0.4, 0.5) is 0 Å². The second-order valence-corrected chi connectivity index (χ2v) is 5.31. The van der Waals surface area contributed by atoms with Gasteiger partial charge in [-0.25, -0.2) is 0 Å². The normalized spacial score (nSPS) is 15.0. The van der Waals surface area contributed by atoms with Gasteiger partial charge in [0.2, 0.25) is 0 Å². The van der Waals surface area contributed by atoms with Gasteiger partial charge in [-0.3, -0.25) is 0 Å². The number of aryl methyl sites for hydroxylation is 1. The number of hydrogen-bond donors (Lipinski definition) is 1. The molecule has 92 valence electrons. The minimum absolute atomic E-state index is 0.0304. The molecule has 0 bridgehead atoms. The molecule has 0 aliphatic rings. The summed E-state index contributed by atoms with van der Waals surface area (Å²) in [6.45, 7) is 4.26. The monoisotopic (exact) mass is 242 g/mol. The Morgan fingerprint density at radius 2 is 2.00 bits per heavy atom. The van der Waals surface area contributed by atoms with Crippen LogP contribution in [0.15, 0.2) is 12.1 Å². The summed E-state index contributed by atoms with van der Waals surface area (Å²) in [5.41, 5.74) is 0. The highest BCUT2D eigenvalue weighted by Crippen LogP contribution is 2.20. The van der Waals surface area contributed by atoms with Crippen molar-refractivity contribution in [2.75, 3.05) is 7.11 Å². The lowest BCUT2D eigenvalue weighted by Crippen LogP contribution is -2.29. The third-order valence-electron chi connectivity index (χ3n) is 2.78. The lowest BCUT2D eigenvalue weighted by molar-refractivity contribution is -0.0155. The van der Waals surface area contributed by atoms with Crippen molar-refractivity contribution in [3.63, 3.8) is 0 Å². The molecule has 1 heterocycles. The van der Waals surface area contributed by atoms with Crippen LogP contribution in [0.2, 0.25) is 0 Å². The van der Waals surface area contributed by atoms with E-state index < -0.39 is 0 Å². The summed E-state index contributed by atoms with van der Waals surface area (Å²) < 4.78 is 5.31. The summed E-state index contributed by atoms with van der Waals surface area (Å²) >= 11 is 1.79. The predicted octanol–water partition coefficient (Wildman–Crippen LogP) is 3.03. The Bertz CT molecular complexity index is 296. The average Bonchev–Trinajstić information content (AvgIpc) is 2.73. The molecule has 0 spiro atoms. The Labute approximate surface area is 102 Å². The number of rotatable bonds is 7. The number of aliphatic hydroxyl groups is 1. The Morgan fingerprint density at radius 3 is 2.50 bits per heavy atom. The minimum atomic E-state index is -0.381. The Morgan fingerprint density at radius 1 is 1.31 bits per heavy atom. The van der Waals surface area contributed by atoms with Crippen LogP contribution in [-0.4, -0.2) is 24.4 Å². The second kappa shape index (κ2) is 7.05. The number of hydrogen-bond acceptors (Lipinski definition) is 3. The number of thiophene rings is 1. The first-order chi connectivity index (χ1) is 7.71. The maximum Gasteiger partial charge on any atom is 0.0849 e. The van der Waals surface area contributed by atoms with E-state index in [2.05, 4.69) is 26.0 Å². The predicted molar refractivity (Wildman–Crippen MR) is 69.1 cm³/mol. The molecule has 0 aliphatic carbocycles. The molecule has 0 radical (unpaired) electrons. The zero-order valence-electron chi connectivity index (χ0n) is 10.4. The van der Waals surface area contributed by atoms with Crippen molar-refractivity contribution in [2.45, 2.75) is 51.7 Å². The molecule has 0 saturated heterocycles. The lowest BCUT2D eigenvalue weighted by Gasteiger charge is -2.20. The SMILES string of the molecule is CCCC(OC)C(O)Cc1ccc(CC)s1. The molecule has 1 rings (SSSR count). The zero-order valence-corrected chi connectivity index (χ0v) is 11.2. The molecule has 16 heavy (non-hydrogen) atoms. The summed E-state index contributed by atoms with van der Waals surface area (Å²) in [5.74, 6) is 0. The van der Waals surface area contributed by atoms with E-state index in [9.17, 15) is 5.11 Å². The van der Waals surface area contributed by atoms with Crippen molar-refractivity contribution < 1.29 is 9.84 Å². The van der Waals surface area contributed by atoms with Crippen LogP contribution in [0.25, 0.3) is 0 Å². The zero-order chi connectivity index (χ0) is 12.0. The summed E-state index contributed by atoms with van der Waals surface area (Å²) in [4.78, 5) is 2.63. The second-order valence-electron chi connectivity index (χ2n) is 4.06. The maximum absolute atomic E-state index is 10.1. The van der Waals surface area contributed by atoms with Crippen molar-refractivity contribution in [1.29, 1.82) is 0 Å². The van der Waals surface area contributed by atoms with Crippen LogP contribution in [0, 0.1) is 0 Å². The van der Waals surface area contributed by atoms with Gasteiger partial charge in [-0.15, -0.1) is 11.3 Å². The third kappa shape index (κ3) is 3.89. The molecule has 3 heteroatoms. The Balaban J connectivity index is 2.51. The molecular formula is C13H22O2S. The van der Waals surface area contributed by atoms with Gasteiger partial charge in [-0.05, 0) is 25.0 Å². The summed E-state index contributed by atoms with van der Waals surface area (Å²) in [5, 5.41) is 10.1. The highest BCUT2D eigenvalue weighted by atomic mass is 32.1. The third-order valence-corrected chi connectivity index (χ3v) is 4.03. The van der Waals surface area contributed by atoms with Crippen LogP contribution in [0.5, 0.6) is 0 Å². The van der Waals surface area contributed by atoms with E-state index in [0.717, 1.165) is 19.3 Å². The van der Waals surface area contributed by atoms with Gasteiger partial charge in [-0.1, -0.05) is 20.3 Å². The summed E-state index contributed by atoms with van der Waals surface area (Å²) in [7, 11) is 1.68. The van der Waals surface area contributed by atoms with Gasteiger partial charge in [0, 0.05) is 23.3 Å². The maximum atomic E-state index is 10.1. The van der Waals surface area contributed by atoms with E-state index in [0.29, 0.717) is 6.42 Å². The lowest BCUT2D eigenvalue weighted by atomic mass is 10.1. The molecule has 0 amide bonds. The van der Waals surface area contributed by atoms with Gasteiger partial charge in [-0.2, -0.15) is 0 Å². The Hall–Kier alpha value is -0.380. The van der Waals surface area contributed by atoms with E-state index in [4.69, 9.17) is 4.74 Å². The van der Waals surface area contributed by atoms with Crippen LogP contribution >= 0.6 is 11.3 Å². The van der Waals surface area contributed by atoms with Gasteiger partial charge in [0.25, 0.3) is 0 Å². The van der Waals surface area contributed by atoms with Crippen LogP contribution < -0.4 is 0 Å². The van der Waals surface area contributed by atoms with Crippen molar-refractivity contribution in [3.8, 4) is 0 Å². The fourth-order valence-corrected chi connectivity index (χ4v) is 2.82. The molecule has 1 aromatic heterocycles. The van der Waals surface area contributed by atoms with E-state index in [-0.39, 0.29) is 12.2 Å². The van der Waals surface area contributed by atoms with Gasteiger partial charge in [0.15, 0.2) is 0 Å². The van der Waals surface area contributed by atoms with E-state index in [1.54, 1.807) is 18.4 Å². The molecule has 2 unspecified atom stereocenters. The first-order valence-corrected chi connectivity index (χ1v) is 6.81. The first-order valence-electron chi connectivity index (χ1n) is 5.99.